The van der Waals surface area contributed by atoms with Gasteiger partial charge in [-0.3, -0.25) is 14.2 Å². The van der Waals surface area contributed by atoms with Crippen molar-refractivity contribution in [1.29, 1.82) is 0 Å². The molecule has 0 aliphatic rings. The first-order valence-electron chi connectivity index (χ1n) is 9.12. The summed E-state index contributed by atoms with van der Waals surface area (Å²) >= 11 is 13.4. The van der Waals surface area contributed by atoms with Gasteiger partial charge in [0.1, 0.15) is 11.4 Å². The first-order chi connectivity index (χ1) is 14.3. The van der Waals surface area contributed by atoms with E-state index in [1.54, 1.807) is 18.2 Å². The standard InChI is InChI=1S/C22H17Cl2N3O2S/c1-12-3-4-17(13(2)5-12)18-10-30-21-20(18)22(29)27(11-25-21)9-19(28)26-16-7-14(23)6-15(24)8-16/h3-8,10-11H,9H2,1-2H3,(H,26,28). The molecule has 8 heteroatoms. The van der Waals surface area contributed by atoms with Gasteiger partial charge >= 0.3 is 0 Å². The van der Waals surface area contributed by atoms with Gasteiger partial charge in [-0.2, -0.15) is 0 Å². The van der Waals surface area contributed by atoms with Gasteiger partial charge in [0.25, 0.3) is 5.56 Å². The third-order valence-corrected chi connectivity index (χ3v) is 6.02. The number of amides is 1. The highest BCUT2D eigenvalue weighted by atomic mass is 35.5. The number of carbonyl (C=O) groups is 1. The third kappa shape index (κ3) is 4.12. The highest BCUT2D eigenvalue weighted by molar-refractivity contribution is 7.17. The van der Waals surface area contributed by atoms with E-state index < -0.39 is 0 Å². The molecular weight excluding hydrogens is 441 g/mol. The lowest BCUT2D eigenvalue weighted by atomic mass is 9.99. The fourth-order valence-electron chi connectivity index (χ4n) is 3.38. The van der Waals surface area contributed by atoms with E-state index in [-0.39, 0.29) is 18.0 Å². The van der Waals surface area contributed by atoms with Crippen LogP contribution >= 0.6 is 34.5 Å². The Balaban J connectivity index is 1.68. The lowest BCUT2D eigenvalue weighted by molar-refractivity contribution is -0.116. The number of hydrogen-bond donors (Lipinski definition) is 1. The number of thiophene rings is 1. The molecule has 0 fully saturated rings. The van der Waals surface area contributed by atoms with Crippen LogP contribution < -0.4 is 10.9 Å². The minimum Gasteiger partial charge on any atom is -0.324 e. The van der Waals surface area contributed by atoms with Crippen molar-refractivity contribution in [3.63, 3.8) is 0 Å². The predicted molar refractivity (Wildman–Crippen MR) is 124 cm³/mol. The van der Waals surface area contributed by atoms with E-state index in [1.165, 1.54) is 22.2 Å². The van der Waals surface area contributed by atoms with Crippen LogP contribution in [0.1, 0.15) is 11.1 Å². The molecule has 0 saturated heterocycles. The van der Waals surface area contributed by atoms with Crippen LogP contribution in [0.5, 0.6) is 0 Å². The predicted octanol–water partition coefficient (Wildman–Crippen LogP) is 5.69. The molecule has 2 heterocycles. The van der Waals surface area contributed by atoms with Crippen molar-refractivity contribution in [2.45, 2.75) is 20.4 Å². The zero-order valence-electron chi connectivity index (χ0n) is 16.2. The second-order valence-electron chi connectivity index (χ2n) is 7.03. The second kappa shape index (κ2) is 8.22. The van der Waals surface area contributed by atoms with Crippen molar-refractivity contribution in [1.82, 2.24) is 9.55 Å². The van der Waals surface area contributed by atoms with Gasteiger partial charge in [-0.1, -0.05) is 47.0 Å². The lowest BCUT2D eigenvalue weighted by Gasteiger charge is -2.09. The van der Waals surface area contributed by atoms with Crippen molar-refractivity contribution >= 4 is 56.3 Å². The van der Waals surface area contributed by atoms with Crippen molar-refractivity contribution in [2.75, 3.05) is 5.32 Å². The van der Waals surface area contributed by atoms with Crippen molar-refractivity contribution in [3.05, 3.63) is 79.6 Å². The van der Waals surface area contributed by atoms with Crippen molar-refractivity contribution < 1.29 is 4.79 Å². The van der Waals surface area contributed by atoms with E-state index in [0.29, 0.717) is 25.9 Å². The van der Waals surface area contributed by atoms with Gasteiger partial charge < -0.3 is 5.32 Å². The quantitative estimate of drug-likeness (QED) is 0.428. The Labute approximate surface area is 186 Å². The van der Waals surface area contributed by atoms with Gasteiger partial charge in [-0.25, -0.2) is 4.98 Å². The number of aryl methyl sites for hydroxylation is 2. The Morgan fingerprint density at radius 1 is 1.10 bits per heavy atom. The van der Waals surface area contributed by atoms with Crippen LogP contribution in [0.25, 0.3) is 21.3 Å². The minimum atomic E-state index is -0.375. The van der Waals surface area contributed by atoms with Gasteiger partial charge in [0.2, 0.25) is 5.91 Å². The Morgan fingerprint density at radius 2 is 1.83 bits per heavy atom. The zero-order valence-corrected chi connectivity index (χ0v) is 18.5. The molecule has 0 radical (unpaired) electrons. The summed E-state index contributed by atoms with van der Waals surface area (Å²) in [5, 5.41) is 5.99. The fraction of sp³-hybridized carbons (Fsp3) is 0.136. The number of fused-ring (bicyclic) bond motifs is 1. The normalized spacial score (nSPS) is 11.1. The Hall–Kier alpha value is -2.67. The van der Waals surface area contributed by atoms with Crippen LogP contribution in [-0.4, -0.2) is 15.5 Å². The topological polar surface area (TPSA) is 64.0 Å². The number of nitrogens with zero attached hydrogens (tertiary/aromatic N) is 2. The summed E-state index contributed by atoms with van der Waals surface area (Å²) in [5.74, 6) is -0.375. The summed E-state index contributed by atoms with van der Waals surface area (Å²) in [7, 11) is 0. The SMILES string of the molecule is Cc1ccc(-c2csc3ncn(CC(=O)Nc4cc(Cl)cc(Cl)c4)c(=O)c23)c(C)c1. The summed E-state index contributed by atoms with van der Waals surface area (Å²) in [4.78, 5) is 30.7. The molecular formula is C22H17Cl2N3O2S. The highest BCUT2D eigenvalue weighted by Gasteiger charge is 2.16. The number of aromatic nitrogens is 2. The molecule has 5 nitrogen and oxygen atoms in total. The largest absolute Gasteiger partial charge is 0.324 e. The molecule has 0 saturated carbocycles. The molecule has 0 aliphatic carbocycles. The summed E-state index contributed by atoms with van der Waals surface area (Å²) < 4.78 is 1.31. The van der Waals surface area contributed by atoms with Crippen LogP contribution in [0.15, 0.2) is 52.9 Å². The number of benzene rings is 2. The molecule has 0 aliphatic heterocycles. The number of anilines is 1. The molecule has 0 unspecified atom stereocenters. The molecule has 2 aromatic carbocycles. The Kier molecular flexibility index (Phi) is 5.64. The molecule has 4 aromatic rings. The average Bonchev–Trinajstić information content (AvgIpc) is 3.08. The summed E-state index contributed by atoms with van der Waals surface area (Å²) in [6.07, 6.45) is 1.40. The number of halogens is 2. The van der Waals surface area contributed by atoms with E-state index in [1.807, 2.05) is 31.4 Å². The summed E-state index contributed by atoms with van der Waals surface area (Å²) in [5.41, 5.74) is 4.27. The van der Waals surface area contributed by atoms with Crippen LogP contribution in [0.4, 0.5) is 5.69 Å². The zero-order chi connectivity index (χ0) is 21.4. The van der Waals surface area contributed by atoms with Crippen LogP contribution in [0.2, 0.25) is 10.0 Å². The van der Waals surface area contributed by atoms with E-state index in [2.05, 4.69) is 16.4 Å². The molecule has 0 atom stereocenters. The Morgan fingerprint density at radius 3 is 2.53 bits per heavy atom. The Bertz CT molecular complexity index is 1320. The number of hydrogen-bond acceptors (Lipinski definition) is 4. The summed E-state index contributed by atoms with van der Waals surface area (Å²) in [6, 6.07) is 10.9. The third-order valence-electron chi connectivity index (χ3n) is 4.69. The van der Waals surface area contributed by atoms with E-state index in [4.69, 9.17) is 23.2 Å². The van der Waals surface area contributed by atoms with Gasteiger partial charge in [0.05, 0.1) is 11.7 Å². The second-order valence-corrected chi connectivity index (χ2v) is 8.76. The van der Waals surface area contributed by atoms with Crippen molar-refractivity contribution in [2.24, 2.45) is 0 Å². The number of carbonyl (C=O) groups excluding carboxylic acids is 1. The lowest BCUT2D eigenvalue weighted by Crippen LogP contribution is -2.27. The molecule has 2 aromatic heterocycles. The monoisotopic (exact) mass is 457 g/mol. The highest BCUT2D eigenvalue weighted by Crippen LogP contribution is 2.33. The molecule has 152 valence electrons. The molecule has 0 spiro atoms. The fourth-order valence-corrected chi connectivity index (χ4v) is 4.80. The minimum absolute atomic E-state index is 0.173. The maximum Gasteiger partial charge on any atom is 0.263 e. The van der Waals surface area contributed by atoms with E-state index in [9.17, 15) is 9.59 Å². The smallest absolute Gasteiger partial charge is 0.263 e. The number of nitrogens with one attached hydrogen (secondary N) is 1. The van der Waals surface area contributed by atoms with Gasteiger partial charge in [0, 0.05) is 26.7 Å². The molecule has 1 amide bonds. The molecule has 30 heavy (non-hydrogen) atoms. The van der Waals surface area contributed by atoms with Crippen LogP contribution in [0.3, 0.4) is 0 Å². The average molecular weight is 458 g/mol. The van der Waals surface area contributed by atoms with E-state index >= 15 is 0 Å². The summed E-state index contributed by atoms with van der Waals surface area (Å²) in [6.45, 7) is 3.88. The first kappa shape index (κ1) is 20.6. The first-order valence-corrected chi connectivity index (χ1v) is 10.8. The van der Waals surface area contributed by atoms with Gasteiger partial charge in [-0.05, 0) is 43.2 Å². The van der Waals surface area contributed by atoms with Gasteiger partial charge in [-0.15, -0.1) is 11.3 Å². The van der Waals surface area contributed by atoms with Gasteiger partial charge in [0.15, 0.2) is 0 Å². The molecule has 0 bridgehead atoms. The van der Waals surface area contributed by atoms with Crippen LogP contribution in [-0.2, 0) is 11.3 Å². The van der Waals surface area contributed by atoms with Crippen LogP contribution in [0, 0.1) is 13.8 Å². The van der Waals surface area contributed by atoms with E-state index in [0.717, 1.165) is 22.3 Å². The molecule has 1 N–H and O–H groups in total. The number of rotatable bonds is 4. The maximum absolute atomic E-state index is 13.2. The molecule has 4 rings (SSSR count). The van der Waals surface area contributed by atoms with Crippen molar-refractivity contribution in [3.8, 4) is 11.1 Å². The maximum atomic E-state index is 13.2.